The molecule has 9 heterocycles. The molecular formula is C138H84N6S6. The minimum Gasteiger partial charge on any atom is -0.235 e. The van der Waals surface area contributed by atoms with E-state index in [-0.39, 0.29) is 0 Å². The van der Waals surface area contributed by atoms with Gasteiger partial charge in [-0.05, 0) is 232 Å². The molecule has 30 aromatic rings. The van der Waals surface area contributed by atoms with E-state index in [4.69, 9.17) is 24.9 Å². The summed E-state index contributed by atoms with van der Waals surface area (Å²) in [5, 5.41) is 11.3. The van der Waals surface area contributed by atoms with Crippen LogP contribution in [0.1, 0.15) is 0 Å². The molecule has 30 rings (SSSR count). The predicted molar refractivity (Wildman–Crippen MR) is 645 cm³/mol. The molecule has 150 heavy (non-hydrogen) atoms. The SMILES string of the molecule is c1ccc(-c2cc(-c3ccccc3)c3sc4c(-c5cccc(-c6cccc(-c7ncnc8c7sc7ccccc78)c6)c5)cc(-c5ccccc5)cc4c3c2)cc1.c1ccc(-c2ccc3sc4c(-c5cccc(-c6cccc(-c7ncnc8c7sc7ccccc78)c6)c5)cc(-c5ccccc5)cc4c3c2)cc1.c1ccc(-c2cccc3c2sc2c(-c4cccc(-c5cccc(-c6ccc7sc8ccccc8c7c6)c5)c4)ncnc23)cc1. The highest BCUT2D eigenvalue weighted by molar-refractivity contribution is 7.28. The lowest BCUT2D eigenvalue weighted by molar-refractivity contribution is 1.24. The Morgan fingerprint density at radius 2 is 0.353 bits per heavy atom. The molecule has 0 saturated heterocycles. The molecule has 21 aromatic carbocycles. The van der Waals surface area contributed by atoms with Gasteiger partial charge in [-0.25, -0.2) is 29.9 Å². The van der Waals surface area contributed by atoms with Gasteiger partial charge in [0.25, 0.3) is 0 Å². The fourth-order valence-corrected chi connectivity index (χ4v) is 28.7. The van der Waals surface area contributed by atoms with Crippen molar-refractivity contribution in [3.8, 4) is 167 Å². The largest absolute Gasteiger partial charge is 0.235 e. The van der Waals surface area contributed by atoms with Crippen LogP contribution in [0.2, 0.25) is 0 Å². The highest BCUT2D eigenvalue weighted by atomic mass is 32.1. The number of rotatable bonds is 15. The smallest absolute Gasteiger partial charge is 0.116 e. The summed E-state index contributed by atoms with van der Waals surface area (Å²) in [5.74, 6) is 0. The normalized spacial score (nSPS) is 11.6. The summed E-state index contributed by atoms with van der Waals surface area (Å²) in [5.41, 5.74) is 38.3. The van der Waals surface area contributed by atoms with Gasteiger partial charge in [0.15, 0.2) is 0 Å². The van der Waals surface area contributed by atoms with Gasteiger partial charge in [0.05, 0.1) is 47.7 Å². The van der Waals surface area contributed by atoms with Crippen molar-refractivity contribution < 1.29 is 0 Å². The number of fused-ring (bicyclic) bond motifs is 18. The Morgan fingerprint density at radius 3 is 0.780 bits per heavy atom. The molecule has 0 unspecified atom stereocenters. The number of nitrogens with zero attached hydrogens (tertiary/aromatic N) is 6. The Balaban J connectivity index is 0.000000109. The summed E-state index contributed by atoms with van der Waals surface area (Å²) < 4.78 is 14.9. The lowest BCUT2D eigenvalue weighted by Gasteiger charge is -2.12. The topological polar surface area (TPSA) is 77.3 Å². The van der Waals surface area contributed by atoms with E-state index in [2.05, 4.69) is 496 Å². The highest BCUT2D eigenvalue weighted by Gasteiger charge is 2.25. The molecule has 0 radical (unpaired) electrons. The molecule has 0 atom stereocenters. The van der Waals surface area contributed by atoms with Gasteiger partial charge in [-0.15, -0.1) is 68.0 Å². The first-order valence-corrected chi connectivity index (χ1v) is 55.0. The van der Waals surface area contributed by atoms with Crippen molar-refractivity contribution in [2.24, 2.45) is 0 Å². The second-order valence-corrected chi connectivity index (χ2v) is 44.1. The Labute approximate surface area is 889 Å². The monoisotopic (exact) mass is 2020 g/mol. The van der Waals surface area contributed by atoms with Gasteiger partial charge < -0.3 is 0 Å². The van der Waals surface area contributed by atoms with Crippen molar-refractivity contribution in [2.75, 3.05) is 0 Å². The molecule has 0 spiro atoms. The zero-order valence-corrected chi connectivity index (χ0v) is 85.5. The van der Waals surface area contributed by atoms with Crippen molar-refractivity contribution in [1.29, 1.82) is 0 Å². The lowest BCUT2D eigenvalue weighted by atomic mass is 9.92. The Morgan fingerprint density at radius 1 is 0.113 bits per heavy atom. The van der Waals surface area contributed by atoms with Crippen molar-refractivity contribution in [1.82, 2.24) is 29.9 Å². The maximum Gasteiger partial charge on any atom is 0.116 e. The fraction of sp³-hybridized carbons (Fsp3) is 0. The van der Waals surface area contributed by atoms with E-state index < -0.39 is 0 Å². The van der Waals surface area contributed by atoms with Crippen LogP contribution >= 0.6 is 68.0 Å². The number of benzene rings is 21. The summed E-state index contributed by atoms with van der Waals surface area (Å²) in [6.45, 7) is 0. The Kier molecular flexibility index (Phi) is 23.1. The van der Waals surface area contributed by atoms with Gasteiger partial charge in [-0.1, -0.05) is 376 Å². The van der Waals surface area contributed by atoms with Crippen LogP contribution in [0.4, 0.5) is 0 Å². The number of thiophene rings is 6. The van der Waals surface area contributed by atoms with E-state index >= 15 is 0 Å². The molecule has 9 aromatic heterocycles. The number of aromatic nitrogens is 6. The maximum atomic E-state index is 4.82. The summed E-state index contributed by atoms with van der Waals surface area (Å²) >= 11 is 11.0. The molecule has 0 saturated carbocycles. The molecule has 0 fully saturated rings. The average molecular weight is 2020 g/mol. The van der Waals surface area contributed by atoms with E-state index in [1.165, 1.54) is 213 Å². The van der Waals surface area contributed by atoms with Crippen molar-refractivity contribution >= 4 is 189 Å². The van der Waals surface area contributed by atoms with Crippen LogP contribution in [0.3, 0.4) is 0 Å². The van der Waals surface area contributed by atoms with Crippen LogP contribution in [0.25, 0.3) is 289 Å². The summed E-state index contributed by atoms with van der Waals surface area (Å²) in [6.07, 6.45) is 5.10. The lowest BCUT2D eigenvalue weighted by Crippen LogP contribution is -1.88. The molecular weight excluding hydrogens is 1930 g/mol. The second kappa shape index (κ2) is 38.5. The first kappa shape index (κ1) is 89.8. The summed E-state index contributed by atoms with van der Waals surface area (Å²) in [7, 11) is 0. The Hall–Kier alpha value is -17.8. The van der Waals surface area contributed by atoms with E-state index in [9.17, 15) is 0 Å². The second-order valence-electron chi connectivity index (χ2n) is 37.8. The minimum atomic E-state index is 0.973. The zero-order valence-electron chi connectivity index (χ0n) is 80.6. The maximum absolute atomic E-state index is 4.82. The van der Waals surface area contributed by atoms with Gasteiger partial charge in [0.1, 0.15) is 19.0 Å². The number of hydrogen-bond acceptors (Lipinski definition) is 12. The molecule has 0 aliphatic heterocycles. The average Bonchev–Trinajstić information content (AvgIpc) is 1.57. The standard InChI is InChI=1S/C52H32N2S2.C46H28N2S2.C40H24N2S2/c1-4-14-33(15-5-1)40-28-43(35-18-8-3-9-19-35)50-45(30-40)46-31-41(34-16-6-2-7-17-34)29-44(51(46)56-50)38-22-12-20-36(26-38)37-21-13-23-39(27-37)48-52-49(54-32-53-48)42-24-10-11-25-47(42)55-52;1-3-11-29(12-4-1)33-21-22-42-39(25-33)40-27-36(30-13-5-2-6-14-30)26-38(45(40)49-42)34-17-9-15-31(23-34)32-16-10-18-35(24-32)43-46-44(48-28-47-43)37-19-7-8-20-41(37)50-46;1-2-9-25(10-3-1)31-16-8-17-33-38-40(44-39(31)33)37(41-24-42-38)30-14-7-13-28(22-30)26-11-6-12-27(21-26)29-19-20-36-34(23-29)32-15-4-5-18-35(32)43-36/h1-32H;1-28H;1-24H. The highest BCUT2D eigenvalue weighted by Crippen LogP contribution is 2.53. The molecule has 0 bridgehead atoms. The zero-order chi connectivity index (χ0) is 99.1. The van der Waals surface area contributed by atoms with Gasteiger partial charge in [0, 0.05) is 124 Å². The minimum absolute atomic E-state index is 0.973. The molecule has 6 nitrogen and oxygen atoms in total. The summed E-state index contributed by atoms with van der Waals surface area (Å²) in [4.78, 5) is 28.6. The predicted octanol–water partition coefficient (Wildman–Crippen LogP) is 40.6. The van der Waals surface area contributed by atoms with Crippen molar-refractivity contribution in [3.63, 3.8) is 0 Å². The van der Waals surface area contributed by atoms with Crippen molar-refractivity contribution in [2.45, 2.75) is 0 Å². The van der Waals surface area contributed by atoms with Crippen LogP contribution in [0.15, 0.2) is 510 Å². The van der Waals surface area contributed by atoms with E-state index in [1.807, 2.05) is 34.0 Å². The van der Waals surface area contributed by atoms with E-state index in [1.54, 1.807) is 53.0 Å². The third-order valence-electron chi connectivity index (χ3n) is 28.8. The van der Waals surface area contributed by atoms with Crippen LogP contribution in [-0.2, 0) is 0 Å². The van der Waals surface area contributed by atoms with Gasteiger partial charge in [0.2, 0.25) is 0 Å². The third-order valence-corrected chi connectivity index (χ3v) is 36.0. The molecule has 0 aliphatic rings. The Bertz CT molecular complexity index is 10500. The quantitative estimate of drug-likeness (QED) is 0.102. The van der Waals surface area contributed by atoms with Gasteiger partial charge in [-0.2, -0.15) is 0 Å². The molecule has 0 amide bonds. The summed E-state index contributed by atoms with van der Waals surface area (Å²) in [6, 6.07) is 178. The molecule has 702 valence electrons. The van der Waals surface area contributed by atoms with E-state index in [0.29, 0.717) is 0 Å². The third kappa shape index (κ3) is 16.7. The van der Waals surface area contributed by atoms with Crippen molar-refractivity contribution in [3.05, 3.63) is 510 Å². The number of hydrogen-bond donors (Lipinski definition) is 0. The van der Waals surface area contributed by atoms with Crippen LogP contribution < -0.4 is 0 Å². The van der Waals surface area contributed by atoms with Crippen LogP contribution in [0, 0.1) is 0 Å². The van der Waals surface area contributed by atoms with Gasteiger partial charge >= 0.3 is 0 Å². The first-order chi connectivity index (χ1) is 74.3. The molecule has 0 N–H and O–H groups in total. The van der Waals surface area contributed by atoms with E-state index in [0.717, 1.165) is 75.5 Å². The molecule has 12 heteroatoms. The molecule has 0 aliphatic carbocycles. The fourth-order valence-electron chi connectivity index (χ4n) is 21.5. The first-order valence-electron chi connectivity index (χ1n) is 50.1. The van der Waals surface area contributed by atoms with Gasteiger partial charge in [-0.3, -0.25) is 0 Å². The van der Waals surface area contributed by atoms with Crippen LogP contribution in [0.5, 0.6) is 0 Å². The van der Waals surface area contributed by atoms with Crippen LogP contribution in [-0.4, -0.2) is 29.9 Å².